The molecule has 1 aliphatic rings. The minimum atomic E-state index is -0.887. The zero-order valence-corrected chi connectivity index (χ0v) is 10.0. The van der Waals surface area contributed by atoms with Crippen LogP contribution in [0.5, 0.6) is 0 Å². The van der Waals surface area contributed by atoms with Crippen molar-refractivity contribution in [3.05, 3.63) is 23.9 Å². The average molecular weight is 238 g/mol. The summed E-state index contributed by atoms with van der Waals surface area (Å²) < 4.78 is 9.43. The lowest BCUT2D eigenvalue weighted by atomic mass is 9.94. The normalized spacial score (nSPS) is 16.9. The first kappa shape index (κ1) is 13.1. The Morgan fingerprint density at radius 3 is 2.59 bits per heavy atom. The molecule has 0 saturated heterocycles. The average Bonchev–Trinajstić information content (AvgIpc) is 2.60. The van der Waals surface area contributed by atoms with Gasteiger partial charge in [0.25, 0.3) is 0 Å². The van der Waals surface area contributed by atoms with E-state index >= 15 is 0 Å². The summed E-state index contributed by atoms with van der Waals surface area (Å²) >= 11 is 0. The Balaban J connectivity index is 3.08. The molecule has 17 heavy (non-hydrogen) atoms. The molecule has 6 nitrogen and oxygen atoms in total. The van der Waals surface area contributed by atoms with Crippen molar-refractivity contribution in [3.8, 4) is 0 Å². The van der Waals surface area contributed by atoms with Gasteiger partial charge >= 0.3 is 11.9 Å². The summed E-state index contributed by atoms with van der Waals surface area (Å²) in [6.45, 7) is 6.82. The van der Waals surface area contributed by atoms with Crippen LogP contribution in [0, 0.1) is 0 Å². The third-order valence-electron chi connectivity index (χ3n) is 2.16. The summed E-state index contributed by atoms with van der Waals surface area (Å²) in [4.78, 5) is 23.2. The van der Waals surface area contributed by atoms with Crippen molar-refractivity contribution in [2.24, 2.45) is 10.2 Å². The van der Waals surface area contributed by atoms with Crippen LogP contribution >= 0.6 is 0 Å². The second-order valence-electron chi connectivity index (χ2n) is 3.86. The van der Waals surface area contributed by atoms with E-state index in [1.54, 1.807) is 13.8 Å². The first-order chi connectivity index (χ1) is 7.94. The molecule has 0 aromatic heterocycles. The van der Waals surface area contributed by atoms with Crippen LogP contribution in [0.25, 0.3) is 0 Å². The maximum absolute atomic E-state index is 11.8. The molecular weight excluding hydrogens is 224 g/mol. The second-order valence-corrected chi connectivity index (χ2v) is 3.86. The molecule has 0 radical (unpaired) electrons. The Labute approximate surface area is 99.0 Å². The minimum Gasteiger partial charge on any atom is -0.464 e. The van der Waals surface area contributed by atoms with E-state index in [1.807, 2.05) is 0 Å². The number of esters is 2. The van der Waals surface area contributed by atoms with Crippen molar-refractivity contribution in [3.63, 3.8) is 0 Å². The lowest BCUT2D eigenvalue weighted by Gasteiger charge is -2.16. The Hall–Kier alpha value is -1.98. The molecule has 0 fully saturated rings. The van der Waals surface area contributed by atoms with Crippen LogP contribution in [-0.2, 0) is 19.1 Å². The highest BCUT2D eigenvalue weighted by molar-refractivity contribution is 6.02. The fourth-order valence-electron chi connectivity index (χ4n) is 1.36. The van der Waals surface area contributed by atoms with E-state index in [0.29, 0.717) is 0 Å². The molecule has 1 rings (SSSR count). The maximum Gasteiger partial charge on any atom is 0.359 e. The highest BCUT2D eigenvalue weighted by Crippen LogP contribution is 2.33. The van der Waals surface area contributed by atoms with Gasteiger partial charge in [-0.1, -0.05) is 12.7 Å². The van der Waals surface area contributed by atoms with E-state index in [2.05, 4.69) is 21.5 Å². The van der Waals surface area contributed by atoms with Crippen molar-refractivity contribution >= 4 is 11.9 Å². The van der Waals surface area contributed by atoms with Crippen LogP contribution in [0.15, 0.2) is 34.2 Å². The number of hydrogen-bond acceptors (Lipinski definition) is 6. The van der Waals surface area contributed by atoms with Crippen molar-refractivity contribution in [1.29, 1.82) is 0 Å². The highest BCUT2D eigenvalue weighted by atomic mass is 16.5. The number of hydrogen-bond donors (Lipinski definition) is 0. The van der Waals surface area contributed by atoms with Gasteiger partial charge in [-0.25, -0.2) is 9.59 Å². The van der Waals surface area contributed by atoms with Crippen LogP contribution in [0.4, 0.5) is 0 Å². The number of carbonyl (C=O) groups excluding carboxylic acids is 2. The van der Waals surface area contributed by atoms with E-state index in [9.17, 15) is 9.59 Å². The Kier molecular flexibility index (Phi) is 3.77. The summed E-state index contributed by atoms with van der Waals surface area (Å²) in [7, 11) is 1.21. The fourth-order valence-corrected chi connectivity index (χ4v) is 1.36. The van der Waals surface area contributed by atoms with Gasteiger partial charge in [-0.15, -0.1) is 5.11 Å². The summed E-state index contributed by atoms with van der Waals surface area (Å²) in [5.41, 5.74) is -0.889. The number of nitrogens with zero attached hydrogens (tertiary/aromatic N) is 2. The van der Waals surface area contributed by atoms with Crippen molar-refractivity contribution in [1.82, 2.24) is 0 Å². The third-order valence-corrected chi connectivity index (χ3v) is 2.16. The van der Waals surface area contributed by atoms with Gasteiger partial charge in [0.2, 0.25) is 0 Å². The summed E-state index contributed by atoms with van der Waals surface area (Å²) in [6.07, 6.45) is 1.44. The molecule has 6 heteroatoms. The molecule has 0 aromatic carbocycles. The van der Waals surface area contributed by atoms with Crippen molar-refractivity contribution in [2.45, 2.75) is 19.4 Å². The quantitative estimate of drug-likeness (QED) is 0.547. The molecule has 92 valence electrons. The summed E-state index contributed by atoms with van der Waals surface area (Å²) in [5, 5.41) is 7.53. The molecule has 0 saturated carbocycles. The Morgan fingerprint density at radius 1 is 1.41 bits per heavy atom. The molecule has 1 heterocycles. The zero-order chi connectivity index (χ0) is 13.1. The minimum absolute atomic E-state index is 0.0624. The van der Waals surface area contributed by atoms with Crippen LogP contribution in [0.3, 0.4) is 0 Å². The summed E-state index contributed by atoms with van der Waals surface area (Å²) in [5.74, 6) is -1.34. The van der Waals surface area contributed by atoms with Gasteiger partial charge < -0.3 is 9.47 Å². The number of rotatable bonds is 4. The lowest BCUT2D eigenvalue weighted by Crippen LogP contribution is -2.27. The topological polar surface area (TPSA) is 77.3 Å². The second kappa shape index (κ2) is 4.90. The Morgan fingerprint density at radius 2 is 2.06 bits per heavy atom. The number of carbonyl (C=O) groups is 2. The van der Waals surface area contributed by atoms with E-state index in [4.69, 9.17) is 4.74 Å². The smallest absolute Gasteiger partial charge is 0.359 e. The van der Waals surface area contributed by atoms with Gasteiger partial charge in [-0.3, -0.25) is 0 Å². The molecule has 0 N–H and O–H groups in total. The summed E-state index contributed by atoms with van der Waals surface area (Å²) in [6, 6.07) is 0. The molecule has 0 spiro atoms. The zero-order valence-electron chi connectivity index (χ0n) is 10.0. The monoisotopic (exact) mass is 238 g/mol. The molecule has 0 bridgehead atoms. The standard InChI is InChI=1S/C11H14N2O4/c1-5-6-17-9(14)7-8(10(15)16-4)12-13-11(7,2)3/h5H,1,6H2,2-4H3. The first-order valence-corrected chi connectivity index (χ1v) is 4.98. The molecule has 0 aliphatic carbocycles. The fraction of sp³-hybridized carbons (Fsp3) is 0.455. The number of ether oxygens (including phenoxy) is 2. The van der Waals surface area contributed by atoms with Gasteiger partial charge in [-0.2, -0.15) is 5.11 Å². The number of azo groups is 1. The van der Waals surface area contributed by atoms with Crippen molar-refractivity contribution in [2.75, 3.05) is 13.7 Å². The van der Waals surface area contributed by atoms with Gasteiger partial charge in [0, 0.05) is 0 Å². The maximum atomic E-state index is 11.8. The van der Waals surface area contributed by atoms with Crippen LogP contribution in [-0.4, -0.2) is 31.2 Å². The molecule has 0 unspecified atom stereocenters. The Bertz CT molecular complexity index is 421. The van der Waals surface area contributed by atoms with E-state index in [1.165, 1.54) is 13.2 Å². The van der Waals surface area contributed by atoms with E-state index in [0.717, 1.165) is 0 Å². The van der Waals surface area contributed by atoms with Crippen LogP contribution < -0.4 is 0 Å². The highest BCUT2D eigenvalue weighted by Gasteiger charge is 2.40. The van der Waals surface area contributed by atoms with Gasteiger partial charge in [0.05, 0.1) is 7.11 Å². The van der Waals surface area contributed by atoms with Gasteiger partial charge in [-0.05, 0) is 13.8 Å². The first-order valence-electron chi connectivity index (χ1n) is 4.98. The van der Waals surface area contributed by atoms with Crippen molar-refractivity contribution < 1.29 is 19.1 Å². The molecule has 0 amide bonds. The number of methoxy groups -OCH3 is 1. The largest absolute Gasteiger partial charge is 0.464 e. The van der Waals surface area contributed by atoms with Gasteiger partial charge in [0.15, 0.2) is 5.70 Å². The molecular formula is C11H14N2O4. The van der Waals surface area contributed by atoms with Crippen LogP contribution in [0.1, 0.15) is 13.8 Å². The van der Waals surface area contributed by atoms with Gasteiger partial charge in [0.1, 0.15) is 17.7 Å². The molecule has 0 aromatic rings. The molecule has 1 aliphatic heterocycles. The SMILES string of the molecule is C=CCOC(=O)C1=C(C(=O)OC)N=NC1(C)C. The van der Waals surface area contributed by atoms with E-state index < -0.39 is 17.5 Å². The molecule has 0 atom stereocenters. The third kappa shape index (κ3) is 2.58. The van der Waals surface area contributed by atoms with Crippen LogP contribution in [0.2, 0.25) is 0 Å². The lowest BCUT2D eigenvalue weighted by molar-refractivity contribution is -0.140. The van der Waals surface area contributed by atoms with E-state index in [-0.39, 0.29) is 17.9 Å². The predicted octanol–water partition coefficient (Wildman–Crippen LogP) is 1.39. The predicted molar refractivity (Wildman–Crippen MR) is 59.1 cm³/mol.